The van der Waals surface area contributed by atoms with Crippen LogP contribution < -0.4 is 10.9 Å². The molecular formula is C13H22ClN3O2. The SMILES string of the molecule is CCCn1ncc(NC(COC)C(C)C)c(Cl)c1=O. The van der Waals surface area contributed by atoms with Gasteiger partial charge in [0.1, 0.15) is 5.02 Å². The number of rotatable bonds is 7. The van der Waals surface area contributed by atoms with Crippen molar-refractivity contribution in [2.75, 3.05) is 19.0 Å². The first-order valence-corrected chi connectivity index (χ1v) is 6.90. The van der Waals surface area contributed by atoms with Crippen LogP contribution >= 0.6 is 11.6 Å². The minimum Gasteiger partial charge on any atom is -0.383 e. The molecule has 1 unspecified atom stereocenters. The fourth-order valence-corrected chi connectivity index (χ4v) is 1.92. The number of anilines is 1. The monoisotopic (exact) mass is 287 g/mol. The van der Waals surface area contributed by atoms with Gasteiger partial charge in [-0.15, -0.1) is 0 Å². The summed E-state index contributed by atoms with van der Waals surface area (Å²) in [5, 5.41) is 7.53. The molecule has 1 N–H and O–H groups in total. The third-order valence-electron chi connectivity index (χ3n) is 2.91. The second kappa shape index (κ2) is 7.50. The Labute approximate surface area is 118 Å². The Bertz CT molecular complexity index is 460. The average Bonchev–Trinajstić information content (AvgIpc) is 2.37. The van der Waals surface area contributed by atoms with E-state index in [1.165, 1.54) is 4.68 Å². The van der Waals surface area contributed by atoms with Crippen LogP contribution in [-0.4, -0.2) is 29.5 Å². The molecule has 1 aromatic rings. The first kappa shape index (κ1) is 16.0. The summed E-state index contributed by atoms with van der Waals surface area (Å²) in [6.45, 7) is 7.27. The highest BCUT2D eigenvalue weighted by molar-refractivity contribution is 6.32. The molecule has 5 nitrogen and oxygen atoms in total. The number of methoxy groups -OCH3 is 1. The Morgan fingerprint density at radius 2 is 2.21 bits per heavy atom. The lowest BCUT2D eigenvalue weighted by Crippen LogP contribution is -2.32. The Balaban J connectivity index is 2.95. The Kier molecular flexibility index (Phi) is 6.31. The normalized spacial score (nSPS) is 12.7. The Hall–Kier alpha value is -1.07. The number of ether oxygens (including phenoxy) is 1. The van der Waals surface area contributed by atoms with Gasteiger partial charge in [-0.2, -0.15) is 5.10 Å². The molecule has 0 radical (unpaired) electrons. The van der Waals surface area contributed by atoms with Crippen molar-refractivity contribution >= 4 is 17.3 Å². The summed E-state index contributed by atoms with van der Waals surface area (Å²) in [6, 6.07) is 0.0886. The molecule has 1 aromatic heterocycles. The molecule has 0 amide bonds. The third kappa shape index (κ3) is 4.21. The number of nitrogens with one attached hydrogen (secondary N) is 1. The van der Waals surface area contributed by atoms with Crippen LogP contribution in [0.25, 0.3) is 0 Å². The zero-order chi connectivity index (χ0) is 14.4. The molecule has 0 aliphatic carbocycles. The van der Waals surface area contributed by atoms with E-state index in [0.717, 1.165) is 6.42 Å². The largest absolute Gasteiger partial charge is 0.383 e. The van der Waals surface area contributed by atoms with Crippen molar-refractivity contribution in [2.24, 2.45) is 5.92 Å². The van der Waals surface area contributed by atoms with E-state index in [-0.39, 0.29) is 16.6 Å². The number of aromatic nitrogens is 2. The fourth-order valence-electron chi connectivity index (χ4n) is 1.72. The van der Waals surface area contributed by atoms with Gasteiger partial charge in [0.15, 0.2) is 0 Å². The number of aryl methyl sites for hydroxylation is 1. The van der Waals surface area contributed by atoms with Crippen molar-refractivity contribution in [3.63, 3.8) is 0 Å². The lowest BCUT2D eigenvalue weighted by Gasteiger charge is -2.23. The predicted octanol–water partition coefficient (Wildman–Crippen LogP) is 2.39. The van der Waals surface area contributed by atoms with Crippen molar-refractivity contribution in [2.45, 2.75) is 39.8 Å². The van der Waals surface area contributed by atoms with Gasteiger partial charge in [0.05, 0.1) is 24.5 Å². The summed E-state index contributed by atoms with van der Waals surface area (Å²) in [5.41, 5.74) is 0.309. The summed E-state index contributed by atoms with van der Waals surface area (Å²) in [7, 11) is 1.65. The first-order chi connectivity index (χ1) is 9.01. The quantitative estimate of drug-likeness (QED) is 0.837. The van der Waals surface area contributed by atoms with Gasteiger partial charge in [-0.3, -0.25) is 4.79 Å². The number of hydrogen-bond donors (Lipinski definition) is 1. The molecule has 0 bridgehead atoms. The second-order valence-corrected chi connectivity index (χ2v) is 5.23. The molecule has 1 rings (SSSR count). The predicted molar refractivity (Wildman–Crippen MR) is 77.9 cm³/mol. The van der Waals surface area contributed by atoms with Crippen LogP contribution in [0.4, 0.5) is 5.69 Å². The molecule has 0 aliphatic heterocycles. The molecule has 0 fully saturated rings. The second-order valence-electron chi connectivity index (χ2n) is 4.85. The molecule has 0 spiro atoms. The van der Waals surface area contributed by atoms with Crippen LogP contribution in [-0.2, 0) is 11.3 Å². The van der Waals surface area contributed by atoms with Crippen molar-refractivity contribution < 1.29 is 4.74 Å². The zero-order valence-electron chi connectivity index (χ0n) is 11.9. The summed E-state index contributed by atoms with van der Waals surface area (Å²) < 4.78 is 6.54. The van der Waals surface area contributed by atoms with Gasteiger partial charge < -0.3 is 10.1 Å². The van der Waals surface area contributed by atoms with Gasteiger partial charge >= 0.3 is 0 Å². The van der Waals surface area contributed by atoms with Gasteiger partial charge in [0.25, 0.3) is 5.56 Å². The maximum Gasteiger partial charge on any atom is 0.287 e. The molecule has 0 aromatic carbocycles. The van der Waals surface area contributed by atoms with Crippen LogP contribution in [0, 0.1) is 5.92 Å². The number of halogens is 1. The van der Waals surface area contributed by atoms with E-state index >= 15 is 0 Å². The molecule has 6 heteroatoms. The third-order valence-corrected chi connectivity index (χ3v) is 3.28. The molecule has 0 saturated carbocycles. The zero-order valence-corrected chi connectivity index (χ0v) is 12.7. The van der Waals surface area contributed by atoms with Crippen LogP contribution in [0.2, 0.25) is 5.02 Å². The summed E-state index contributed by atoms with van der Waals surface area (Å²) >= 11 is 6.11. The fraction of sp³-hybridized carbons (Fsp3) is 0.692. The number of nitrogens with zero attached hydrogens (tertiary/aromatic N) is 2. The highest BCUT2D eigenvalue weighted by atomic mass is 35.5. The Morgan fingerprint density at radius 3 is 2.74 bits per heavy atom. The highest BCUT2D eigenvalue weighted by Crippen LogP contribution is 2.18. The molecular weight excluding hydrogens is 266 g/mol. The minimum atomic E-state index is -0.256. The van der Waals surface area contributed by atoms with Crippen molar-refractivity contribution in [1.82, 2.24) is 9.78 Å². The van der Waals surface area contributed by atoms with E-state index in [9.17, 15) is 4.79 Å². The first-order valence-electron chi connectivity index (χ1n) is 6.52. The van der Waals surface area contributed by atoms with E-state index in [2.05, 4.69) is 24.3 Å². The molecule has 108 valence electrons. The van der Waals surface area contributed by atoms with Crippen LogP contribution in [0.3, 0.4) is 0 Å². The standard InChI is InChI=1S/C13H22ClN3O2/c1-5-6-17-13(18)12(14)10(7-15-17)16-11(8-19-4)9(2)3/h7,9,11,16H,5-6,8H2,1-4H3. The lowest BCUT2D eigenvalue weighted by molar-refractivity contribution is 0.171. The van der Waals surface area contributed by atoms with Gasteiger partial charge in [0.2, 0.25) is 0 Å². The minimum absolute atomic E-state index is 0.0886. The lowest BCUT2D eigenvalue weighted by atomic mass is 10.1. The van der Waals surface area contributed by atoms with E-state index in [1.54, 1.807) is 13.3 Å². The molecule has 19 heavy (non-hydrogen) atoms. The van der Waals surface area contributed by atoms with Gasteiger partial charge in [-0.05, 0) is 12.3 Å². The molecule has 1 heterocycles. The summed E-state index contributed by atoms with van der Waals surface area (Å²) in [5.74, 6) is 0.356. The Morgan fingerprint density at radius 1 is 1.53 bits per heavy atom. The van der Waals surface area contributed by atoms with E-state index in [0.29, 0.717) is 24.8 Å². The average molecular weight is 288 g/mol. The van der Waals surface area contributed by atoms with Gasteiger partial charge in [0, 0.05) is 13.7 Å². The van der Waals surface area contributed by atoms with Crippen LogP contribution in [0.1, 0.15) is 27.2 Å². The number of hydrogen-bond acceptors (Lipinski definition) is 4. The smallest absolute Gasteiger partial charge is 0.287 e. The van der Waals surface area contributed by atoms with Crippen molar-refractivity contribution in [3.8, 4) is 0 Å². The maximum absolute atomic E-state index is 12.0. The van der Waals surface area contributed by atoms with Crippen LogP contribution in [0.5, 0.6) is 0 Å². The summed E-state index contributed by atoms with van der Waals surface area (Å²) in [4.78, 5) is 12.0. The van der Waals surface area contributed by atoms with Gasteiger partial charge in [-0.25, -0.2) is 4.68 Å². The summed E-state index contributed by atoms with van der Waals surface area (Å²) in [6.07, 6.45) is 2.44. The molecule has 0 saturated heterocycles. The van der Waals surface area contributed by atoms with Crippen LogP contribution in [0.15, 0.2) is 11.0 Å². The van der Waals surface area contributed by atoms with E-state index < -0.39 is 0 Å². The van der Waals surface area contributed by atoms with Gasteiger partial charge in [-0.1, -0.05) is 32.4 Å². The van der Waals surface area contributed by atoms with E-state index in [1.807, 2.05) is 6.92 Å². The molecule has 1 atom stereocenters. The maximum atomic E-state index is 12.0. The topological polar surface area (TPSA) is 56.1 Å². The molecule has 0 aliphatic rings. The van der Waals surface area contributed by atoms with Crippen molar-refractivity contribution in [1.29, 1.82) is 0 Å². The highest BCUT2D eigenvalue weighted by Gasteiger charge is 2.16. The van der Waals surface area contributed by atoms with Crippen molar-refractivity contribution in [3.05, 3.63) is 21.6 Å². The van der Waals surface area contributed by atoms with E-state index in [4.69, 9.17) is 16.3 Å².